The molecule has 1 unspecified atom stereocenters. The summed E-state index contributed by atoms with van der Waals surface area (Å²) in [5.74, 6) is -2.87. The predicted octanol–water partition coefficient (Wildman–Crippen LogP) is -0.387. The summed E-state index contributed by atoms with van der Waals surface area (Å²) in [6, 6.07) is 5.28. The number of nitrogens with zero attached hydrogens (tertiary/aromatic N) is 5. The summed E-state index contributed by atoms with van der Waals surface area (Å²) >= 11 is 0.950. The Kier molecular flexibility index (Phi) is 10.1. The first-order valence-corrected chi connectivity index (χ1v) is 15.6. The van der Waals surface area contributed by atoms with Crippen molar-refractivity contribution in [3.8, 4) is 16.9 Å². The summed E-state index contributed by atoms with van der Waals surface area (Å²) in [5.41, 5.74) is 16.7. The third-order valence-corrected chi connectivity index (χ3v) is 7.61. The van der Waals surface area contributed by atoms with Gasteiger partial charge in [0.05, 0.1) is 5.54 Å². The molecule has 21 heteroatoms. The number of aryl methyl sites for hydroxylation is 1. The lowest BCUT2D eigenvalue weighted by atomic mass is 9.84. The van der Waals surface area contributed by atoms with Crippen molar-refractivity contribution in [3.05, 3.63) is 41.5 Å². The maximum Gasteiger partial charge on any atom is 0.418 e. The van der Waals surface area contributed by atoms with E-state index in [0.29, 0.717) is 35.3 Å². The lowest BCUT2D eigenvalue weighted by Crippen LogP contribution is -2.76. The number of aromatic nitrogens is 3. The Morgan fingerprint density at radius 1 is 1.24 bits per heavy atom. The number of oxime groups is 1. The summed E-state index contributed by atoms with van der Waals surface area (Å²) in [5, 5.41) is 21.8. The molecule has 0 spiro atoms. The molecule has 2 aromatic heterocycles. The Bertz CT molecular complexity index is 1740. The minimum Gasteiger partial charge on any atom is -0.489 e. The summed E-state index contributed by atoms with van der Waals surface area (Å²) in [4.78, 5) is 46.8. The van der Waals surface area contributed by atoms with Crippen molar-refractivity contribution < 1.29 is 46.3 Å². The van der Waals surface area contributed by atoms with E-state index in [9.17, 15) is 27.9 Å². The van der Waals surface area contributed by atoms with Crippen molar-refractivity contribution in [1.29, 1.82) is 0 Å². The number of benzene rings is 1. The van der Waals surface area contributed by atoms with Crippen LogP contribution < -0.4 is 27.3 Å². The highest BCUT2D eigenvalue weighted by Gasteiger charge is 2.58. The van der Waals surface area contributed by atoms with Gasteiger partial charge < -0.3 is 37.2 Å². The number of hydrogen-bond donors (Lipinski definition) is 6. The van der Waals surface area contributed by atoms with E-state index in [-0.39, 0.29) is 10.8 Å². The molecule has 0 aliphatic carbocycles. The van der Waals surface area contributed by atoms with Crippen LogP contribution in [-0.4, -0.2) is 92.2 Å². The van der Waals surface area contributed by atoms with E-state index in [0.717, 1.165) is 23.3 Å². The first-order chi connectivity index (χ1) is 21.6. The SMILES string of the molecule is CC1(C)[C@H](NC(=O)/C(=N\OC(COc2ccc(-c3cn(CCCN)nc3N)cc2)C(=O)O)c2csc(N)n2)C(=O)N1OS(=O)(=O)O. The number of thiazole rings is 1. The second-order valence-corrected chi connectivity index (χ2v) is 12.2. The number of hydrogen-bond acceptors (Lipinski definition) is 15. The van der Waals surface area contributed by atoms with Crippen molar-refractivity contribution in [1.82, 2.24) is 25.1 Å². The Hall–Kier alpha value is -4.83. The van der Waals surface area contributed by atoms with Gasteiger partial charge in [-0.2, -0.15) is 18.6 Å². The van der Waals surface area contributed by atoms with E-state index < -0.39 is 58.2 Å². The molecule has 2 atom stereocenters. The molecule has 248 valence electrons. The fourth-order valence-corrected chi connectivity index (χ4v) is 5.21. The highest BCUT2D eigenvalue weighted by atomic mass is 32.3. The second kappa shape index (κ2) is 13.7. The minimum atomic E-state index is -5.02. The number of rotatable bonds is 15. The Morgan fingerprint density at radius 2 is 1.93 bits per heavy atom. The molecule has 1 aliphatic heterocycles. The van der Waals surface area contributed by atoms with Crippen LogP contribution in [0.1, 0.15) is 26.0 Å². The van der Waals surface area contributed by atoms with E-state index in [4.69, 9.17) is 31.3 Å². The average molecular weight is 682 g/mol. The number of carboxylic acid groups (broad SMARTS) is 1. The summed E-state index contributed by atoms with van der Waals surface area (Å²) in [6.07, 6.45) is 0.831. The van der Waals surface area contributed by atoms with E-state index in [1.165, 1.54) is 19.2 Å². The normalized spacial score (nSPS) is 16.9. The molecule has 1 saturated heterocycles. The quantitative estimate of drug-likeness (QED) is 0.0515. The topological polar surface area (TPSA) is 290 Å². The van der Waals surface area contributed by atoms with E-state index >= 15 is 0 Å². The fraction of sp³-hybridized carbons (Fsp3) is 0.360. The van der Waals surface area contributed by atoms with Gasteiger partial charge in [-0.15, -0.1) is 15.6 Å². The first kappa shape index (κ1) is 34.1. The maximum absolute atomic E-state index is 13.2. The van der Waals surface area contributed by atoms with Gasteiger partial charge in [-0.05, 0) is 44.5 Å². The molecule has 46 heavy (non-hydrogen) atoms. The van der Waals surface area contributed by atoms with Crippen LogP contribution in [0.5, 0.6) is 5.75 Å². The molecule has 1 fully saturated rings. The molecule has 0 radical (unpaired) electrons. The van der Waals surface area contributed by atoms with E-state index in [1.54, 1.807) is 35.1 Å². The molecule has 0 saturated carbocycles. The number of carbonyl (C=O) groups excluding carboxylic acids is 2. The monoisotopic (exact) mass is 681 g/mol. The molecular weight excluding hydrogens is 650 g/mol. The molecule has 1 aromatic carbocycles. The molecule has 3 aromatic rings. The maximum atomic E-state index is 13.2. The lowest BCUT2D eigenvalue weighted by Gasteiger charge is -2.50. The lowest BCUT2D eigenvalue weighted by molar-refractivity contribution is -0.218. The zero-order chi connectivity index (χ0) is 33.8. The molecule has 9 N–H and O–H groups in total. The smallest absolute Gasteiger partial charge is 0.418 e. The molecule has 1 aliphatic rings. The zero-order valence-electron chi connectivity index (χ0n) is 24.4. The first-order valence-electron chi connectivity index (χ1n) is 13.4. The van der Waals surface area contributed by atoms with Crippen LogP contribution in [0.25, 0.3) is 11.1 Å². The Morgan fingerprint density at radius 3 is 2.50 bits per heavy atom. The van der Waals surface area contributed by atoms with Gasteiger partial charge in [0.25, 0.3) is 17.9 Å². The highest BCUT2D eigenvalue weighted by molar-refractivity contribution is 7.80. The van der Waals surface area contributed by atoms with Crippen LogP contribution in [0.4, 0.5) is 10.9 Å². The van der Waals surface area contributed by atoms with Crippen molar-refractivity contribution >= 4 is 56.2 Å². The predicted molar refractivity (Wildman–Crippen MR) is 162 cm³/mol. The number of hydroxylamine groups is 2. The number of amides is 2. The Balaban J connectivity index is 1.45. The van der Waals surface area contributed by atoms with Gasteiger partial charge in [0.1, 0.15) is 24.1 Å². The number of ether oxygens (including phenoxy) is 1. The van der Waals surface area contributed by atoms with Gasteiger partial charge in [-0.1, -0.05) is 17.3 Å². The number of β-lactam (4-membered cyclic amide) rings is 1. The molecule has 2 amide bonds. The van der Waals surface area contributed by atoms with Gasteiger partial charge in [-0.25, -0.2) is 9.78 Å². The number of nitrogen functional groups attached to an aromatic ring is 2. The van der Waals surface area contributed by atoms with Gasteiger partial charge in [0.2, 0.25) is 0 Å². The largest absolute Gasteiger partial charge is 0.489 e. The summed E-state index contributed by atoms with van der Waals surface area (Å²) in [6.45, 7) is 3.31. The van der Waals surface area contributed by atoms with Crippen molar-refractivity contribution in [2.45, 2.75) is 44.5 Å². The molecular formula is C25H31N9O10S2. The van der Waals surface area contributed by atoms with Crippen LogP contribution in [0, 0.1) is 0 Å². The zero-order valence-corrected chi connectivity index (χ0v) is 26.0. The number of aliphatic carboxylic acids is 1. The highest BCUT2D eigenvalue weighted by Crippen LogP contribution is 2.33. The molecule has 4 rings (SSSR count). The van der Waals surface area contributed by atoms with Gasteiger partial charge in [-0.3, -0.25) is 18.8 Å². The van der Waals surface area contributed by atoms with E-state index in [2.05, 4.69) is 24.8 Å². The van der Waals surface area contributed by atoms with Crippen LogP contribution >= 0.6 is 11.3 Å². The van der Waals surface area contributed by atoms with Gasteiger partial charge in [0, 0.05) is 23.7 Å². The van der Waals surface area contributed by atoms with Gasteiger partial charge >= 0.3 is 16.4 Å². The minimum absolute atomic E-state index is 0.0505. The third kappa shape index (κ3) is 7.87. The van der Waals surface area contributed by atoms with E-state index in [1.807, 2.05) is 0 Å². The van der Waals surface area contributed by atoms with Crippen LogP contribution in [0.15, 0.2) is 41.0 Å². The van der Waals surface area contributed by atoms with Crippen molar-refractivity contribution in [2.75, 3.05) is 24.6 Å². The Labute approximate surface area is 265 Å². The molecule has 19 nitrogen and oxygen atoms in total. The summed E-state index contributed by atoms with van der Waals surface area (Å²) < 4.78 is 42.7. The standard InChI is InChI=1S/C25H31N9O10S2/c1-25(2)19(22(36)34(25)44-46(39,40)41)30-21(35)18(16-12-45-24(28)29-16)32-43-17(23(37)38)11-42-14-6-4-13(5-7-14)15-10-33(9-3-8-26)31-20(15)27/h4-7,10,12,17,19H,3,8-9,11,26H2,1-2H3,(H2,27,31)(H2,28,29)(H,30,35)(H,37,38)(H,39,40,41)/b32-18-/t17?,19-/m1/s1. The summed E-state index contributed by atoms with van der Waals surface area (Å²) in [7, 11) is -5.02. The number of nitrogens with one attached hydrogen (secondary N) is 1. The second-order valence-electron chi connectivity index (χ2n) is 10.3. The number of carboxylic acids is 1. The number of anilines is 2. The number of carbonyl (C=O) groups is 3. The average Bonchev–Trinajstić information content (AvgIpc) is 3.59. The van der Waals surface area contributed by atoms with Crippen molar-refractivity contribution in [2.24, 2.45) is 10.9 Å². The van der Waals surface area contributed by atoms with Crippen LogP contribution in [0.3, 0.4) is 0 Å². The van der Waals surface area contributed by atoms with Gasteiger partial charge in [0.15, 0.2) is 16.7 Å². The molecule has 0 bridgehead atoms. The van der Waals surface area contributed by atoms with Crippen LogP contribution in [0.2, 0.25) is 0 Å². The number of nitrogens with two attached hydrogens (primary N) is 3. The fourth-order valence-electron chi connectivity index (χ4n) is 4.21. The molecule has 3 heterocycles. The van der Waals surface area contributed by atoms with Crippen molar-refractivity contribution in [3.63, 3.8) is 0 Å². The third-order valence-electron chi connectivity index (χ3n) is 6.60. The van der Waals surface area contributed by atoms with Crippen LogP contribution in [-0.2, 0) is 40.4 Å².